The SMILES string of the molecule is CCCC(=O)NCC(CC(=O)O)C(=O)NC1CCN(C(=O)/C=C/c2cc3ccsc3c(Cl)c2Cl)CC1. The molecule has 0 spiro atoms. The summed E-state index contributed by atoms with van der Waals surface area (Å²) in [5, 5.41) is 18.4. The molecule has 3 rings (SSSR count). The lowest BCUT2D eigenvalue weighted by Crippen LogP contribution is -2.49. The van der Waals surface area contributed by atoms with Gasteiger partial charge >= 0.3 is 5.97 Å². The number of piperidine rings is 1. The van der Waals surface area contributed by atoms with E-state index in [1.807, 2.05) is 24.4 Å². The van der Waals surface area contributed by atoms with Crippen LogP contribution in [0.2, 0.25) is 10.0 Å². The Labute approximate surface area is 223 Å². The third-order valence-corrected chi connectivity index (χ3v) is 7.97. The Morgan fingerprint density at radius 1 is 1.22 bits per heavy atom. The fraction of sp³-hybridized carbons (Fsp3) is 0.440. The first-order valence-electron chi connectivity index (χ1n) is 11.8. The fourth-order valence-electron chi connectivity index (χ4n) is 4.04. The van der Waals surface area contributed by atoms with Gasteiger partial charge < -0.3 is 20.6 Å². The molecule has 1 aromatic heterocycles. The topological polar surface area (TPSA) is 116 Å². The fourth-order valence-corrected chi connectivity index (χ4v) is 5.48. The van der Waals surface area contributed by atoms with Crippen LogP contribution in [0.3, 0.4) is 0 Å². The number of halogens is 2. The van der Waals surface area contributed by atoms with Gasteiger partial charge in [-0.05, 0) is 53.8 Å². The Morgan fingerprint density at radius 3 is 2.61 bits per heavy atom. The Balaban J connectivity index is 1.52. The van der Waals surface area contributed by atoms with Crippen LogP contribution in [0.1, 0.15) is 44.6 Å². The van der Waals surface area contributed by atoms with Gasteiger partial charge in [-0.25, -0.2) is 0 Å². The molecule has 8 nitrogen and oxygen atoms in total. The zero-order valence-electron chi connectivity index (χ0n) is 19.9. The quantitative estimate of drug-likeness (QED) is 0.378. The summed E-state index contributed by atoms with van der Waals surface area (Å²) in [5.41, 5.74) is 0.665. The van der Waals surface area contributed by atoms with E-state index in [-0.39, 0.29) is 30.8 Å². The van der Waals surface area contributed by atoms with Crippen LogP contribution in [0.5, 0.6) is 0 Å². The van der Waals surface area contributed by atoms with Crippen molar-refractivity contribution < 1.29 is 24.3 Å². The van der Waals surface area contributed by atoms with Crippen molar-refractivity contribution in [3.8, 4) is 0 Å². The largest absolute Gasteiger partial charge is 0.481 e. The number of hydrogen-bond acceptors (Lipinski definition) is 5. The van der Waals surface area contributed by atoms with E-state index >= 15 is 0 Å². The summed E-state index contributed by atoms with van der Waals surface area (Å²) in [7, 11) is 0. The van der Waals surface area contributed by atoms with Crippen LogP contribution in [0, 0.1) is 5.92 Å². The molecule has 0 aliphatic carbocycles. The van der Waals surface area contributed by atoms with E-state index in [2.05, 4.69) is 10.6 Å². The average molecular weight is 554 g/mol. The maximum absolute atomic E-state index is 12.7. The number of nitrogens with one attached hydrogen (secondary N) is 2. The monoisotopic (exact) mass is 553 g/mol. The van der Waals surface area contributed by atoms with Crippen molar-refractivity contribution in [3.05, 3.63) is 39.2 Å². The van der Waals surface area contributed by atoms with Crippen molar-refractivity contribution >= 4 is 74.4 Å². The maximum atomic E-state index is 12.7. The number of carboxylic acid groups (broad SMARTS) is 1. The number of carbonyl (C=O) groups is 4. The normalized spacial score (nSPS) is 15.2. The molecule has 3 amide bonds. The summed E-state index contributed by atoms with van der Waals surface area (Å²) in [4.78, 5) is 50.0. The lowest BCUT2D eigenvalue weighted by Gasteiger charge is -2.32. The van der Waals surface area contributed by atoms with E-state index in [4.69, 9.17) is 28.3 Å². The van der Waals surface area contributed by atoms with Gasteiger partial charge in [-0.3, -0.25) is 19.2 Å². The molecule has 1 atom stereocenters. The predicted molar refractivity (Wildman–Crippen MR) is 142 cm³/mol. The van der Waals surface area contributed by atoms with Gasteiger partial charge in [0.15, 0.2) is 0 Å². The molecule has 1 unspecified atom stereocenters. The molecule has 11 heteroatoms. The second-order valence-electron chi connectivity index (χ2n) is 8.72. The Morgan fingerprint density at radius 2 is 1.94 bits per heavy atom. The molecule has 2 aromatic rings. The third-order valence-electron chi connectivity index (χ3n) is 6.03. The summed E-state index contributed by atoms with van der Waals surface area (Å²) >= 11 is 14.2. The van der Waals surface area contributed by atoms with Crippen molar-refractivity contribution in [1.82, 2.24) is 15.5 Å². The highest BCUT2D eigenvalue weighted by atomic mass is 35.5. The molecule has 0 bridgehead atoms. The number of likely N-dealkylation sites (tertiary alicyclic amines) is 1. The average Bonchev–Trinajstić information content (AvgIpc) is 3.32. The Bertz CT molecular complexity index is 1160. The highest BCUT2D eigenvalue weighted by Crippen LogP contribution is 2.37. The maximum Gasteiger partial charge on any atom is 0.304 e. The molecule has 194 valence electrons. The van der Waals surface area contributed by atoms with Gasteiger partial charge in [0.25, 0.3) is 0 Å². The van der Waals surface area contributed by atoms with E-state index in [1.165, 1.54) is 17.4 Å². The van der Waals surface area contributed by atoms with Crippen LogP contribution in [0.25, 0.3) is 16.2 Å². The smallest absolute Gasteiger partial charge is 0.304 e. The van der Waals surface area contributed by atoms with Crippen LogP contribution in [-0.4, -0.2) is 59.4 Å². The molecule has 1 aromatic carbocycles. The minimum absolute atomic E-state index is 0.0250. The van der Waals surface area contributed by atoms with Gasteiger partial charge in [0.05, 0.1) is 27.1 Å². The Kier molecular flexibility index (Phi) is 10.2. The summed E-state index contributed by atoms with van der Waals surface area (Å²) in [5.74, 6) is -2.75. The van der Waals surface area contributed by atoms with Gasteiger partial charge in [-0.15, -0.1) is 11.3 Å². The van der Waals surface area contributed by atoms with E-state index in [9.17, 15) is 19.2 Å². The molecule has 3 N–H and O–H groups in total. The second-order valence-corrected chi connectivity index (χ2v) is 10.4. The summed E-state index contributed by atoms with van der Waals surface area (Å²) < 4.78 is 0.906. The zero-order chi connectivity index (χ0) is 26.2. The third kappa shape index (κ3) is 7.44. The molecule has 1 aliphatic rings. The number of thiophene rings is 1. The molecule has 1 fully saturated rings. The highest BCUT2D eigenvalue weighted by molar-refractivity contribution is 7.18. The van der Waals surface area contributed by atoms with Gasteiger partial charge in [-0.2, -0.15) is 0 Å². The van der Waals surface area contributed by atoms with Gasteiger partial charge in [0.1, 0.15) is 0 Å². The first-order valence-corrected chi connectivity index (χ1v) is 13.4. The van der Waals surface area contributed by atoms with Gasteiger partial charge in [-0.1, -0.05) is 30.1 Å². The molecular weight excluding hydrogens is 525 g/mol. The van der Waals surface area contributed by atoms with Crippen molar-refractivity contribution in [2.75, 3.05) is 19.6 Å². The first kappa shape index (κ1) is 28.0. The molecule has 36 heavy (non-hydrogen) atoms. The zero-order valence-corrected chi connectivity index (χ0v) is 22.2. The van der Waals surface area contributed by atoms with Crippen molar-refractivity contribution in [1.29, 1.82) is 0 Å². The molecular formula is C25H29Cl2N3O5S. The Hall–Kier alpha value is -2.62. The number of amides is 3. The minimum atomic E-state index is -1.10. The van der Waals surface area contributed by atoms with Crippen LogP contribution in [0.15, 0.2) is 23.6 Å². The number of fused-ring (bicyclic) bond motifs is 1. The van der Waals surface area contributed by atoms with E-state index in [0.717, 1.165) is 10.1 Å². The summed E-state index contributed by atoms with van der Waals surface area (Å²) in [6.07, 6.45) is 4.83. The standard InChI is InChI=1S/C25H29Cl2N3O5S/c1-2-3-19(31)28-14-17(13-21(33)34)25(35)29-18-6-9-30(10-7-18)20(32)5-4-15-12-16-8-11-36-24(16)23(27)22(15)26/h4-5,8,11-12,17-18H,2-3,6-7,9-10,13-14H2,1H3,(H,28,31)(H,29,35)(H,33,34)/b5-4+. The molecule has 0 saturated carbocycles. The van der Waals surface area contributed by atoms with Crippen LogP contribution < -0.4 is 10.6 Å². The van der Waals surface area contributed by atoms with E-state index < -0.39 is 17.8 Å². The number of aliphatic carboxylic acids is 1. The predicted octanol–water partition coefficient (Wildman–Crippen LogP) is 4.34. The lowest BCUT2D eigenvalue weighted by atomic mass is 10.0. The molecule has 1 saturated heterocycles. The van der Waals surface area contributed by atoms with E-state index in [1.54, 1.807) is 11.0 Å². The van der Waals surface area contributed by atoms with Crippen molar-refractivity contribution in [2.45, 2.75) is 45.1 Å². The minimum Gasteiger partial charge on any atom is -0.481 e. The molecule has 2 heterocycles. The van der Waals surface area contributed by atoms with Crippen molar-refractivity contribution in [3.63, 3.8) is 0 Å². The second kappa shape index (κ2) is 13.1. The summed E-state index contributed by atoms with van der Waals surface area (Å²) in [6.45, 7) is 2.73. The number of benzene rings is 1. The highest BCUT2D eigenvalue weighted by Gasteiger charge is 2.27. The number of rotatable bonds is 10. The van der Waals surface area contributed by atoms with Crippen LogP contribution >= 0.6 is 34.5 Å². The lowest BCUT2D eigenvalue weighted by molar-refractivity contribution is -0.141. The van der Waals surface area contributed by atoms with Crippen LogP contribution in [0.4, 0.5) is 0 Å². The first-order chi connectivity index (χ1) is 17.2. The number of carboxylic acids is 1. The van der Waals surface area contributed by atoms with Gasteiger partial charge in [0.2, 0.25) is 17.7 Å². The summed E-state index contributed by atoms with van der Waals surface area (Å²) in [6, 6.07) is 3.66. The van der Waals surface area contributed by atoms with Crippen molar-refractivity contribution in [2.24, 2.45) is 5.92 Å². The van der Waals surface area contributed by atoms with Gasteiger partial charge in [0, 0.05) is 38.2 Å². The molecule has 1 aliphatic heterocycles. The van der Waals surface area contributed by atoms with E-state index in [0.29, 0.717) is 54.4 Å². The number of hydrogen-bond donors (Lipinski definition) is 3. The number of nitrogens with zero attached hydrogens (tertiary/aromatic N) is 1. The van der Waals surface area contributed by atoms with Crippen LogP contribution in [-0.2, 0) is 19.2 Å². The number of carbonyl (C=O) groups excluding carboxylic acids is 3. The molecule has 0 radical (unpaired) electrons.